The number of hydrogen-bond acceptors (Lipinski definition) is 10. The number of thioether (sulfide) groups is 1. The number of β-lactam (4-membered cyclic amide) rings is 3. The van der Waals surface area contributed by atoms with Crippen molar-refractivity contribution >= 4 is 47.4 Å². The van der Waals surface area contributed by atoms with E-state index in [2.05, 4.69) is 5.32 Å². The van der Waals surface area contributed by atoms with E-state index in [0.717, 1.165) is 21.6 Å². The first kappa shape index (κ1) is 41.8. The summed E-state index contributed by atoms with van der Waals surface area (Å²) in [5, 5.41) is 2.70. The first-order valence-corrected chi connectivity index (χ1v) is 17.9. The van der Waals surface area contributed by atoms with Crippen LogP contribution in [0.1, 0.15) is 63.0 Å². The molecule has 13 heteroatoms. The molecule has 0 unspecified atom stereocenters. The molecule has 6 atom stereocenters. The van der Waals surface area contributed by atoms with Crippen LogP contribution in [-0.4, -0.2) is 76.7 Å². The Morgan fingerprint density at radius 2 is 1.07 bits per heavy atom. The summed E-state index contributed by atoms with van der Waals surface area (Å²) < 4.78 is 15.5. The van der Waals surface area contributed by atoms with Crippen LogP contribution in [0.25, 0.3) is 0 Å². The van der Waals surface area contributed by atoms with Crippen LogP contribution in [-0.2, 0) is 43.0 Å². The molecule has 3 aliphatic heterocycles. The molecule has 4 aromatic rings. The van der Waals surface area contributed by atoms with Gasteiger partial charge in [0.05, 0.1) is 0 Å². The van der Waals surface area contributed by atoms with Crippen molar-refractivity contribution < 1.29 is 43.0 Å². The highest BCUT2D eigenvalue weighted by atomic mass is 32.2. The Kier molecular flexibility index (Phi) is 14.0. The number of hydrogen-bond donors (Lipinski definition) is 1. The molecule has 3 amide bonds. The van der Waals surface area contributed by atoms with Crippen LogP contribution in [0.2, 0.25) is 0 Å². The van der Waals surface area contributed by atoms with Crippen molar-refractivity contribution in [1.29, 1.82) is 0 Å². The molecule has 0 spiro atoms. The lowest BCUT2D eigenvalue weighted by Gasteiger charge is -2.52. The van der Waals surface area contributed by atoms with Gasteiger partial charge in [0.25, 0.3) is 22.7 Å². The molecule has 3 aliphatic rings. The molecule has 0 radical (unpaired) electrons. The maximum Gasteiger partial charge on any atom is 0.304 e. The van der Waals surface area contributed by atoms with Crippen molar-refractivity contribution in [3.05, 3.63) is 138 Å². The van der Waals surface area contributed by atoms with Crippen molar-refractivity contribution in [2.75, 3.05) is 14.1 Å². The van der Waals surface area contributed by atoms with Crippen molar-refractivity contribution in [3.8, 4) is 0 Å². The normalized spacial score (nSPS) is 23.2. The predicted octanol–water partition coefficient (Wildman–Crippen LogP) is 5.81. The minimum Gasteiger partial charge on any atom is -0.450 e. The number of carbonyl (C=O) groups is 6. The predicted molar refractivity (Wildman–Crippen MR) is 206 cm³/mol. The lowest BCUT2D eigenvalue weighted by Crippen LogP contribution is -2.66. The number of likely N-dealkylation sites (tertiary alicyclic amines) is 2. The quantitative estimate of drug-likeness (QED) is 0.101. The van der Waals surface area contributed by atoms with Gasteiger partial charge in [-0.2, -0.15) is 0 Å². The number of likely N-dealkylation sites (N-methyl/N-ethyl adjacent to an activating group) is 2. The standard InChI is InChI=1S/C18H17NO3S.C12H13NO3.C11H11NO3.CH4/c1-13(20)22-18(23-15-11-7-4-8-12-15)16(19(2)17(18)21)14-9-5-3-6-10-14;1-8(14)16-11-10(13(2)12(11)15)9-6-4-3-5-7-9;1-7(13)15-10-9(12-11(10)14)8-5-3-2-4-6-8;/h3-12,16H,1-2H3;3-7,10-11H,1-2H3;2-6,9-10H,1H3,(H,12,14);1H4/t16-,18-;10-,11+;9-,10+;/m000./s1. The van der Waals surface area contributed by atoms with Gasteiger partial charge in [-0.3, -0.25) is 28.8 Å². The van der Waals surface area contributed by atoms with E-state index in [9.17, 15) is 28.8 Å². The number of carbonyl (C=O) groups excluding carboxylic acids is 6. The second-order valence-electron chi connectivity index (χ2n) is 12.7. The molecule has 288 valence electrons. The van der Waals surface area contributed by atoms with E-state index >= 15 is 0 Å². The summed E-state index contributed by atoms with van der Waals surface area (Å²) in [7, 11) is 3.44. The minimum absolute atomic E-state index is 0. The Labute approximate surface area is 325 Å². The fraction of sp³-hybridized carbons (Fsp3) is 0.286. The molecule has 3 fully saturated rings. The Hall–Kier alpha value is -5.95. The summed E-state index contributed by atoms with van der Waals surface area (Å²) in [4.78, 5) is 71.5. The Morgan fingerprint density at radius 3 is 1.55 bits per heavy atom. The van der Waals surface area contributed by atoms with Crippen LogP contribution < -0.4 is 5.32 Å². The highest BCUT2D eigenvalue weighted by Crippen LogP contribution is 2.54. The first-order valence-electron chi connectivity index (χ1n) is 17.1. The number of esters is 3. The van der Waals surface area contributed by atoms with Gasteiger partial charge in [-0.15, -0.1) is 0 Å². The van der Waals surface area contributed by atoms with Gasteiger partial charge in [-0.25, -0.2) is 0 Å². The number of ether oxygens (including phenoxy) is 3. The molecule has 12 nitrogen and oxygen atoms in total. The zero-order chi connectivity index (χ0) is 39.0. The zero-order valence-electron chi connectivity index (χ0n) is 30.4. The Bertz CT molecular complexity index is 1970. The molecular weight excluding hydrogens is 723 g/mol. The maximum absolute atomic E-state index is 12.6. The average molecular weight is 768 g/mol. The number of nitrogens with one attached hydrogen (secondary N) is 1. The molecule has 1 N–H and O–H groups in total. The van der Waals surface area contributed by atoms with E-state index in [-0.39, 0.29) is 43.3 Å². The van der Waals surface area contributed by atoms with Crippen LogP contribution in [0.3, 0.4) is 0 Å². The van der Waals surface area contributed by atoms with Crippen molar-refractivity contribution in [1.82, 2.24) is 15.1 Å². The van der Waals surface area contributed by atoms with Gasteiger partial charge < -0.3 is 29.3 Å². The van der Waals surface area contributed by atoms with Crippen molar-refractivity contribution in [2.45, 2.75) is 68.4 Å². The number of rotatable bonds is 8. The largest absolute Gasteiger partial charge is 0.450 e. The topological polar surface area (TPSA) is 149 Å². The van der Waals surface area contributed by atoms with Crippen molar-refractivity contribution in [2.24, 2.45) is 0 Å². The smallest absolute Gasteiger partial charge is 0.304 e. The molecule has 0 aromatic heterocycles. The number of benzene rings is 4. The van der Waals surface area contributed by atoms with Crippen LogP contribution in [0.4, 0.5) is 0 Å². The summed E-state index contributed by atoms with van der Waals surface area (Å²) in [5.41, 5.74) is 2.87. The van der Waals surface area contributed by atoms with E-state index < -0.39 is 35.0 Å². The van der Waals surface area contributed by atoms with Gasteiger partial charge in [0, 0.05) is 39.8 Å². The second kappa shape index (κ2) is 18.4. The van der Waals surface area contributed by atoms with Crippen LogP contribution in [0, 0.1) is 0 Å². The van der Waals surface area contributed by atoms with E-state index in [1.165, 1.54) is 32.5 Å². The van der Waals surface area contributed by atoms with Crippen LogP contribution in [0.5, 0.6) is 0 Å². The van der Waals surface area contributed by atoms with Crippen LogP contribution in [0.15, 0.2) is 126 Å². The van der Waals surface area contributed by atoms with Gasteiger partial charge in [-0.05, 0) is 28.8 Å². The minimum atomic E-state index is -1.25. The summed E-state index contributed by atoms with van der Waals surface area (Å²) in [6.07, 6.45) is -1.34. The van der Waals surface area contributed by atoms with Gasteiger partial charge in [0.15, 0.2) is 0 Å². The van der Waals surface area contributed by atoms with E-state index in [1.807, 2.05) is 121 Å². The molecule has 4 aromatic carbocycles. The molecule has 7 rings (SSSR count). The zero-order valence-corrected chi connectivity index (χ0v) is 31.2. The molecule has 0 saturated carbocycles. The van der Waals surface area contributed by atoms with Gasteiger partial charge in [-0.1, -0.05) is 128 Å². The van der Waals surface area contributed by atoms with E-state index in [4.69, 9.17) is 14.2 Å². The third kappa shape index (κ3) is 9.41. The van der Waals surface area contributed by atoms with Gasteiger partial charge in [0.1, 0.15) is 18.1 Å². The highest BCUT2D eigenvalue weighted by molar-refractivity contribution is 8.01. The summed E-state index contributed by atoms with van der Waals surface area (Å²) >= 11 is 1.29. The average Bonchev–Trinajstić information content (AvgIpc) is 3.17. The van der Waals surface area contributed by atoms with Gasteiger partial charge in [0.2, 0.25) is 12.2 Å². The lowest BCUT2D eigenvalue weighted by atomic mass is 9.90. The van der Waals surface area contributed by atoms with Gasteiger partial charge >= 0.3 is 17.9 Å². The van der Waals surface area contributed by atoms with E-state index in [0.29, 0.717) is 0 Å². The highest BCUT2D eigenvalue weighted by Gasteiger charge is 2.64. The van der Waals surface area contributed by atoms with Crippen LogP contribution >= 0.6 is 11.8 Å². The fourth-order valence-corrected chi connectivity index (χ4v) is 7.80. The van der Waals surface area contributed by atoms with E-state index in [1.54, 1.807) is 23.9 Å². The molecule has 3 heterocycles. The fourth-order valence-electron chi connectivity index (χ4n) is 6.37. The number of nitrogens with zero attached hydrogens (tertiary/aromatic N) is 2. The molecule has 0 bridgehead atoms. The van der Waals surface area contributed by atoms with Crippen molar-refractivity contribution in [3.63, 3.8) is 0 Å². The molecule has 55 heavy (non-hydrogen) atoms. The molecule has 3 saturated heterocycles. The second-order valence-corrected chi connectivity index (χ2v) is 13.9. The third-order valence-electron chi connectivity index (χ3n) is 8.83. The Morgan fingerprint density at radius 1 is 0.618 bits per heavy atom. The first-order chi connectivity index (χ1) is 25.8. The lowest BCUT2D eigenvalue weighted by molar-refractivity contribution is -0.186. The number of amides is 3. The molecule has 0 aliphatic carbocycles. The third-order valence-corrected chi connectivity index (χ3v) is 10.1. The monoisotopic (exact) mass is 767 g/mol. The SMILES string of the molecule is C.CC(=O)O[C@@]1(Sc2ccccc2)C(=O)N(C)[C@H]1c1ccccc1.CC(=O)O[C@H]1C(=O)N(C)[C@H]1c1ccccc1.CC(=O)O[C@H]1C(=O)N[C@H]1c1ccccc1. The summed E-state index contributed by atoms with van der Waals surface area (Å²) in [6.45, 7) is 3.95. The Balaban J connectivity index is 0.000000188. The summed E-state index contributed by atoms with van der Waals surface area (Å²) in [5.74, 6) is -1.91. The summed E-state index contributed by atoms with van der Waals surface area (Å²) in [6, 6.07) is 37.5. The molecular formula is C42H45N3O9S. The maximum atomic E-state index is 12.6.